The van der Waals surface area contributed by atoms with Crippen molar-refractivity contribution in [3.63, 3.8) is 0 Å². The van der Waals surface area contributed by atoms with Gasteiger partial charge >= 0.3 is 5.97 Å². The zero-order chi connectivity index (χ0) is 16.2. The fraction of sp³-hybridized carbons (Fsp3) is 0.467. The molecule has 0 fully saturated rings. The highest BCUT2D eigenvalue weighted by molar-refractivity contribution is 6.31. The van der Waals surface area contributed by atoms with Gasteiger partial charge in [0, 0.05) is 17.0 Å². The minimum absolute atomic E-state index is 0.00546. The Balaban J connectivity index is 2.85. The summed E-state index contributed by atoms with van der Waals surface area (Å²) in [6.07, 6.45) is -0.0761. The molecule has 0 aromatic heterocycles. The first kappa shape index (κ1) is 17.4. The van der Waals surface area contributed by atoms with Crippen molar-refractivity contribution in [2.45, 2.75) is 45.1 Å². The number of nitriles is 1. The molecule has 3 nitrogen and oxygen atoms in total. The maximum atomic E-state index is 13.8. The Bertz CT molecular complexity index is 576. The second-order valence-electron chi connectivity index (χ2n) is 5.56. The summed E-state index contributed by atoms with van der Waals surface area (Å²) < 4.78 is 32.1. The predicted molar refractivity (Wildman–Crippen MR) is 74.8 cm³/mol. The van der Waals surface area contributed by atoms with Crippen LogP contribution in [0.25, 0.3) is 0 Å². The molecule has 0 bridgehead atoms. The molecule has 0 saturated carbocycles. The molecule has 0 aliphatic rings. The normalized spacial score (nSPS) is 12.6. The van der Waals surface area contributed by atoms with Gasteiger partial charge in [-0.15, -0.1) is 0 Å². The van der Waals surface area contributed by atoms with Gasteiger partial charge in [0.2, 0.25) is 0 Å². The largest absolute Gasteiger partial charge is 0.460 e. The minimum Gasteiger partial charge on any atom is -0.460 e. The van der Waals surface area contributed by atoms with E-state index in [9.17, 15) is 13.6 Å². The van der Waals surface area contributed by atoms with Gasteiger partial charge in [0.15, 0.2) is 11.6 Å². The lowest BCUT2D eigenvalue weighted by atomic mass is 9.95. The van der Waals surface area contributed by atoms with E-state index < -0.39 is 29.1 Å². The molecule has 1 aromatic rings. The van der Waals surface area contributed by atoms with Crippen LogP contribution in [0.2, 0.25) is 5.02 Å². The minimum atomic E-state index is -1.15. The molecule has 1 atom stereocenters. The van der Waals surface area contributed by atoms with E-state index in [2.05, 4.69) is 0 Å². The maximum absolute atomic E-state index is 13.8. The second-order valence-corrected chi connectivity index (χ2v) is 5.97. The van der Waals surface area contributed by atoms with Gasteiger partial charge in [0.05, 0.1) is 12.0 Å². The maximum Gasteiger partial charge on any atom is 0.306 e. The third-order valence-electron chi connectivity index (χ3n) is 2.64. The van der Waals surface area contributed by atoms with Crippen molar-refractivity contribution < 1.29 is 18.3 Å². The van der Waals surface area contributed by atoms with Gasteiger partial charge in [-0.25, -0.2) is 8.78 Å². The SMILES string of the molecule is CC(C)(C)OC(=O)CCC(C#N)c1c(Cl)ccc(F)c1F. The first-order valence-corrected chi connectivity index (χ1v) is 6.78. The number of hydrogen-bond acceptors (Lipinski definition) is 3. The highest BCUT2D eigenvalue weighted by Crippen LogP contribution is 2.31. The molecule has 1 unspecified atom stereocenters. The number of benzene rings is 1. The third-order valence-corrected chi connectivity index (χ3v) is 2.97. The smallest absolute Gasteiger partial charge is 0.306 e. The average Bonchev–Trinajstić information content (AvgIpc) is 2.36. The van der Waals surface area contributed by atoms with E-state index in [0.29, 0.717) is 0 Å². The molecule has 114 valence electrons. The fourth-order valence-corrected chi connectivity index (χ4v) is 2.07. The molecule has 0 aliphatic heterocycles. The number of halogens is 3. The van der Waals surface area contributed by atoms with Crippen LogP contribution >= 0.6 is 11.6 Å². The Morgan fingerprint density at radius 1 is 1.43 bits per heavy atom. The van der Waals surface area contributed by atoms with Crippen LogP contribution in [0, 0.1) is 23.0 Å². The Morgan fingerprint density at radius 2 is 2.05 bits per heavy atom. The summed E-state index contributed by atoms with van der Waals surface area (Å²) in [7, 11) is 0. The van der Waals surface area contributed by atoms with Crippen LogP contribution < -0.4 is 0 Å². The molecule has 1 rings (SSSR count). The van der Waals surface area contributed by atoms with Crippen molar-refractivity contribution in [3.8, 4) is 6.07 Å². The van der Waals surface area contributed by atoms with E-state index in [1.165, 1.54) is 6.07 Å². The van der Waals surface area contributed by atoms with Crippen molar-refractivity contribution in [1.29, 1.82) is 5.26 Å². The monoisotopic (exact) mass is 315 g/mol. The lowest BCUT2D eigenvalue weighted by molar-refractivity contribution is -0.154. The topological polar surface area (TPSA) is 50.1 Å². The average molecular weight is 316 g/mol. The molecular formula is C15H16ClF2NO2. The summed E-state index contributed by atoms with van der Waals surface area (Å²) >= 11 is 5.82. The Kier molecular flexibility index (Phi) is 5.68. The summed E-state index contributed by atoms with van der Waals surface area (Å²) in [4.78, 5) is 11.6. The zero-order valence-corrected chi connectivity index (χ0v) is 12.8. The Hall–Kier alpha value is -1.67. The summed E-state index contributed by atoms with van der Waals surface area (Å²) in [5.74, 6) is -3.75. The first-order chi connectivity index (χ1) is 9.65. The second kappa shape index (κ2) is 6.86. The highest BCUT2D eigenvalue weighted by atomic mass is 35.5. The van der Waals surface area contributed by atoms with Crippen LogP contribution in [0.1, 0.15) is 45.1 Å². The lowest BCUT2D eigenvalue weighted by Crippen LogP contribution is -2.24. The molecule has 0 aliphatic carbocycles. The predicted octanol–water partition coefficient (Wildman–Crippen LogP) is 4.35. The van der Waals surface area contributed by atoms with Crippen LogP contribution in [-0.2, 0) is 9.53 Å². The number of nitrogens with zero attached hydrogens (tertiary/aromatic N) is 1. The first-order valence-electron chi connectivity index (χ1n) is 6.40. The van der Waals surface area contributed by atoms with E-state index in [0.717, 1.165) is 6.07 Å². The van der Waals surface area contributed by atoms with Crippen molar-refractivity contribution in [3.05, 3.63) is 34.4 Å². The fourth-order valence-electron chi connectivity index (χ4n) is 1.79. The molecule has 0 amide bonds. The lowest BCUT2D eigenvalue weighted by Gasteiger charge is -2.20. The number of carbonyl (C=O) groups is 1. The van der Waals surface area contributed by atoms with Crippen LogP contribution in [0.15, 0.2) is 12.1 Å². The number of ether oxygens (including phenoxy) is 1. The van der Waals surface area contributed by atoms with Gasteiger partial charge < -0.3 is 4.74 Å². The van der Waals surface area contributed by atoms with Gasteiger partial charge in [-0.1, -0.05) is 11.6 Å². The van der Waals surface area contributed by atoms with Crippen LogP contribution in [0.5, 0.6) is 0 Å². The number of carbonyl (C=O) groups excluding carboxylic acids is 1. The number of rotatable bonds is 4. The number of hydrogen-bond donors (Lipinski definition) is 0. The quantitative estimate of drug-likeness (QED) is 0.613. The van der Waals surface area contributed by atoms with Crippen molar-refractivity contribution >= 4 is 17.6 Å². The van der Waals surface area contributed by atoms with Gasteiger partial charge in [-0.2, -0.15) is 5.26 Å². The molecule has 0 spiro atoms. The van der Waals surface area contributed by atoms with Gasteiger partial charge in [-0.3, -0.25) is 4.79 Å². The highest BCUT2D eigenvalue weighted by Gasteiger charge is 2.24. The zero-order valence-electron chi connectivity index (χ0n) is 12.0. The Labute approximate surface area is 127 Å². The van der Waals surface area contributed by atoms with Gasteiger partial charge in [0.25, 0.3) is 0 Å². The molecule has 0 radical (unpaired) electrons. The molecule has 1 aromatic carbocycles. The summed E-state index contributed by atoms with van der Waals surface area (Å²) in [6, 6.07) is 3.93. The molecule has 0 heterocycles. The molecule has 21 heavy (non-hydrogen) atoms. The third kappa shape index (κ3) is 4.98. The van der Waals surface area contributed by atoms with E-state index in [1.54, 1.807) is 20.8 Å². The van der Waals surface area contributed by atoms with E-state index in [4.69, 9.17) is 21.6 Å². The van der Waals surface area contributed by atoms with Crippen molar-refractivity contribution in [2.75, 3.05) is 0 Å². The molecule has 0 saturated heterocycles. The summed E-state index contributed by atoms with van der Waals surface area (Å²) in [5.41, 5.74) is -0.858. The number of esters is 1. The van der Waals surface area contributed by atoms with Crippen LogP contribution in [0.3, 0.4) is 0 Å². The van der Waals surface area contributed by atoms with Gasteiger partial charge in [0.1, 0.15) is 5.60 Å². The van der Waals surface area contributed by atoms with E-state index >= 15 is 0 Å². The van der Waals surface area contributed by atoms with E-state index in [1.807, 2.05) is 6.07 Å². The summed E-state index contributed by atoms with van der Waals surface area (Å²) in [6.45, 7) is 5.15. The summed E-state index contributed by atoms with van der Waals surface area (Å²) in [5, 5.41) is 9.08. The standard InChI is InChI=1S/C15H16ClF2NO2/c1-15(2,3)21-12(20)7-4-9(8-19)13-10(16)5-6-11(17)14(13)18/h5-6,9H,4,7H2,1-3H3. The molecule has 0 N–H and O–H groups in total. The van der Waals surface area contributed by atoms with Crippen molar-refractivity contribution in [1.82, 2.24) is 0 Å². The van der Waals surface area contributed by atoms with Crippen LogP contribution in [0.4, 0.5) is 8.78 Å². The molecule has 6 heteroatoms. The van der Waals surface area contributed by atoms with Crippen molar-refractivity contribution in [2.24, 2.45) is 0 Å². The Morgan fingerprint density at radius 3 is 2.57 bits per heavy atom. The van der Waals surface area contributed by atoms with E-state index in [-0.39, 0.29) is 23.4 Å². The van der Waals surface area contributed by atoms with Crippen LogP contribution in [-0.4, -0.2) is 11.6 Å². The van der Waals surface area contributed by atoms with Gasteiger partial charge in [-0.05, 0) is 39.3 Å². The molecular weight excluding hydrogens is 300 g/mol.